The number of carboxylic acids is 2. The summed E-state index contributed by atoms with van der Waals surface area (Å²) in [7, 11) is 0. The second-order valence-electron chi connectivity index (χ2n) is 16.5. The molecule has 8 aliphatic rings. The average Bonchev–Trinajstić information content (AvgIpc) is 3.63. The Bertz CT molecular complexity index is 1910. The normalized spacial score (nSPS) is 31.8. The average molecular weight is 702 g/mol. The maximum Gasteiger partial charge on any atom is 0.335 e. The highest BCUT2D eigenvalue weighted by Gasteiger charge is 2.57. The van der Waals surface area contributed by atoms with E-state index in [0.29, 0.717) is 25.9 Å². The summed E-state index contributed by atoms with van der Waals surface area (Å²) in [5, 5.41) is 25.3. The second kappa shape index (κ2) is 12.3. The molecule has 0 radical (unpaired) electrons. The number of hydrogen-bond donors (Lipinski definition) is 4. The number of aromatic carboxylic acids is 2. The molecule has 268 valence electrons. The van der Waals surface area contributed by atoms with E-state index in [4.69, 9.17) is 0 Å². The van der Waals surface area contributed by atoms with Crippen molar-refractivity contribution in [3.8, 4) is 0 Å². The van der Waals surface area contributed by atoms with Gasteiger partial charge in [-0.3, -0.25) is 14.4 Å². The summed E-state index contributed by atoms with van der Waals surface area (Å²) >= 11 is 0. The zero-order valence-corrected chi connectivity index (χ0v) is 28.9. The van der Waals surface area contributed by atoms with Crippen molar-refractivity contribution in [2.24, 2.45) is 35.0 Å². The van der Waals surface area contributed by atoms with Gasteiger partial charge in [-0.15, -0.1) is 0 Å². The molecule has 1 heterocycles. The van der Waals surface area contributed by atoms with Crippen LogP contribution in [0.1, 0.15) is 106 Å². The van der Waals surface area contributed by atoms with Crippen molar-refractivity contribution >= 4 is 35.3 Å². The maximum atomic E-state index is 15.1. The zero-order chi connectivity index (χ0) is 35.9. The summed E-state index contributed by atoms with van der Waals surface area (Å²) in [4.78, 5) is 68.8. The highest BCUT2D eigenvalue weighted by molar-refractivity contribution is 6.02. The summed E-state index contributed by atoms with van der Waals surface area (Å²) < 4.78 is 0. The fraction of sp³-hybridized carbons (Fsp3) is 0.452. The van der Waals surface area contributed by atoms with Crippen LogP contribution >= 0.6 is 0 Å². The van der Waals surface area contributed by atoms with Crippen LogP contribution < -0.4 is 10.6 Å². The second-order valence-corrected chi connectivity index (χ2v) is 16.5. The lowest BCUT2D eigenvalue weighted by Gasteiger charge is -2.57. The van der Waals surface area contributed by atoms with Crippen molar-refractivity contribution in [1.82, 2.24) is 10.2 Å². The lowest BCUT2D eigenvalue weighted by Crippen LogP contribution is -2.57. The van der Waals surface area contributed by atoms with Gasteiger partial charge in [-0.1, -0.05) is 48.5 Å². The van der Waals surface area contributed by atoms with Crippen molar-refractivity contribution in [3.05, 3.63) is 100 Å². The number of hydrogen-bond acceptors (Lipinski definition) is 5. The number of amides is 3. The van der Waals surface area contributed by atoms with Gasteiger partial charge in [-0.05, 0) is 115 Å². The number of carbonyl (C=O) groups excluding carboxylic acids is 3. The Hall–Kier alpha value is -4.99. The zero-order valence-electron chi connectivity index (χ0n) is 28.9. The number of anilines is 1. The van der Waals surface area contributed by atoms with Crippen molar-refractivity contribution in [2.75, 3.05) is 18.4 Å². The van der Waals surface area contributed by atoms with Gasteiger partial charge in [-0.2, -0.15) is 0 Å². The Morgan fingerprint density at radius 2 is 1.19 bits per heavy atom. The number of fused-ring (bicyclic) bond motifs is 1. The maximum absolute atomic E-state index is 15.1. The largest absolute Gasteiger partial charge is 0.478 e. The Morgan fingerprint density at radius 3 is 1.69 bits per heavy atom. The molecule has 52 heavy (non-hydrogen) atoms. The molecule has 0 aromatic heterocycles. The molecule has 7 aliphatic carbocycles. The van der Waals surface area contributed by atoms with E-state index < -0.39 is 35.7 Å². The lowest BCUT2D eigenvalue weighted by molar-refractivity contribution is -0.147. The van der Waals surface area contributed by atoms with Gasteiger partial charge < -0.3 is 25.7 Å². The van der Waals surface area contributed by atoms with Crippen molar-refractivity contribution in [3.63, 3.8) is 0 Å². The smallest absolute Gasteiger partial charge is 0.335 e. The Morgan fingerprint density at radius 1 is 0.692 bits per heavy atom. The monoisotopic (exact) mass is 701 g/mol. The molecule has 3 aromatic rings. The molecule has 3 aromatic carbocycles. The van der Waals surface area contributed by atoms with E-state index >= 15 is 4.79 Å². The first-order valence-corrected chi connectivity index (χ1v) is 18.8. The SMILES string of the molecule is O=C(O)c1cc(NC(=O)[C@@H]2CCCN2C(=O)C2C3c4ccccc4C(c4ccccc43)C2C(=O)NCC23CC4CC(CC(C4)C2)C3)cc(C(=O)O)c1. The summed E-state index contributed by atoms with van der Waals surface area (Å²) in [6.07, 6.45) is 8.42. The minimum atomic E-state index is -1.32. The van der Waals surface area contributed by atoms with E-state index in [1.54, 1.807) is 4.90 Å². The minimum absolute atomic E-state index is 0.0307. The first kappa shape index (κ1) is 32.9. The summed E-state index contributed by atoms with van der Waals surface area (Å²) in [5.74, 6) is -3.31. The van der Waals surface area contributed by atoms with Gasteiger partial charge in [0.05, 0.1) is 23.0 Å². The van der Waals surface area contributed by atoms with E-state index in [2.05, 4.69) is 34.9 Å². The van der Waals surface area contributed by atoms with Crippen LogP contribution in [0.4, 0.5) is 5.69 Å². The number of likely N-dealkylation sites (tertiary alicyclic amines) is 1. The van der Waals surface area contributed by atoms with E-state index in [-0.39, 0.29) is 45.9 Å². The topological polar surface area (TPSA) is 153 Å². The molecule has 4 N–H and O–H groups in total. The van der Waals surface area contributed by atoms with Gasteiger partial charge >= 0.3 is 11.9 Å². The molecule has 4 saturated carbocycles. The number of rotatable bonds is 8. The van der Waals surface area contributed by atoms with Crippen LogP contribution in [0.15, 0.2) is 66.7 Å². The van der Waals surface area contributed by atoms with Crippen LogP contribution in [0, 0.1) is 35.0 Å². The standard InChI is InChI=1S/C42H43N3O7/c46-37(44-27-16-25(40(49)50)15-26(17-27)41(51)52)32-10-5-11-45(32)39(48)36-34-30-8-3-1-6-28(30)33(29-7-2-4-9-31(29)34)35(36)38(47)43-21-42-18-22-12-23(19-42)14-24(13-22)20-42/h1-4,6-9,15-17,22-24,32-36H,5,10-14,18-21H2,(H,43,47)(H,44,46)(H,49,50)(H,51,52)/t22?,23?,24?,32-,33?,34?,35?,36?,42?/m0/s1. The van der Waals surface area contributed by atoms with Crippen molar-refractivity contribution in [2.45, 2.75) is 69.2 Å². The van der Waals surface area contributed by atoms with Gasteiger partial charge in [0.15, 0.2) is 0 Å². The van der Waals surface area contributed by atoms with Gasteiger partial charge in [-0.25, -0.2) is 9.59 Å². The van der Waals surface area contributed by atoms with E-state index in [9.17, 15) is 29.4 Å². The highest BCUT2D eigenvalue weighted by atomic mass is 16.4. The molecule has 10 heteroatoms. The third kappa shape index (κ3) is 5.32. The molecule has 6 bridgehead atoms. The fourth-order valence-electron chi connectivity index (χ4n) is 11.9. The Balaban J connectivity index is 1.04. The highest BCUT2D eigenvalue weighted by Crippen LogP contribution is 2.61. The molecule has 1 aliphatic heterocycles. The van der Waals surface area contributed by atoms with Crippen LogP contribution in [0.25, 0.3) is 0 Å². The van der Waals surface area contributed by atoms with Crippen molar-refractivity contribution < 1.29 is 34.2 Å². The summed E-state index contributed by atoms with van der Waals surface area (Å²) in [6.45, 7) is 0.973. The third-order valence-electron chi connectivity index (χ3n) is 13.4. The molecular weight excluding hydrogens is 658 g/mol. The Labute approximate surface area is 302 Å². The van der Waals surface area contributed by atoms with Crippen LogP contribution in [0.3, 0.4) is 0 Å². The van der Waals surface area contributed by atoms with E-state index in [0.717, 1.165) is 46.1 Å². The fourth-order valence-corrected chi connectivity index (χ4v) is 11.9. The first-order valence-electron chi connectivity index (χ1n) is 18.8. The third-order valence-corrected chi connectivity index (χ3v) is 13.4. The van der Waals surface area contributed by atoms with Crippen LogP contribution in [-0.4, -0.2) is 63.9 Å². The van der Waals surface area contributed by atoms with Gasteiger partial charge in [0.1, 0.15) is 6.04 Å². The summed E-state index contributed by atoms with van der Waals surface area (Å²) in [6, 6.07) is 18.9. The van der Waals surface area contributed by atoms with Gasteiger partial charge in [0.2, 0.25) is 17.7 Å². The predicted molar refractivity (Wildman–Crippen MR) is 191 cm³/mol. The molecule has 5 fully saturated rings. The molecule has 3 amide bonds. The van der Waals surface area contributed by atoms with E-state index in [1.807, 2.05) is 24.3 Å². The Kier molecular flexibility index (Phi) is 7.79. The number of benzene rings is 3. The molecule has 2 unspecified atom stereocenters. The predicted octanol–water partition coefficient (Wildman–Crippen LogP) is 5.87. The number of nitrogens with zero attached hydrogens (tertiary/aromatic N) is 1. The van der Waals surface area contributed by atoms with Crippen molar-refractivity contribution in [1.29, 1.82) is 0 Å². The van der Waals surface area contributed by atoms with E-state index in [1.165, 1.54) is 50.7 Å². The van der Waals surface area contributed by atoms with Crippen LogP contribution in [-0.2, 0) is 14.4 Å². The first-order chi connectivity index (χ1) is 25.1. The van der Waals surface area contributed by atoms with Gasteiger partial charge in [0.25, 0.3) is 0 Å². The number of carboxylic acid groups (broad SMARTS) is 2. The van der Waals surface area contributed by atoms with Crippen LogP contribution in [0.5, 0.6) is 0 Å². The lowest BCUT2D eigenvalue weighted by atomic mass is 9.49. The van der Waals surface area contributed by atoms with Gasteiger partial charge in [0, 0.05) is 30.6 Å². The molecular formula is C42H43N3O7. The molecule has 10 nitrogen and oxygen atoms in total. The van der Waals surface area contributed by atoms with Crippen LogP contribution in [0.2, 0.25) is 0 Å². The number of nitrogens with one attached hydrogen (secondary N) is 2. The summed E-state index contributed by atoms with van der Waals surface area (Å²) in [5.41, 5.74) is 3.86. The molecule has 0 spiro atoms. The quantitative estimate of drug-likeness (QED) is 0.229. The molecule has 3 atom stereocenters. The molecule has 1 saturated heterocycles. The minimum Gasteiger partial charge on any atom is -0.478 e. The number of carbonyl (C=O) groups is 5. The molecule has 11 rings (SSSR count).